The first-order chi connectivity index (χ1) is 8.15. The zero-order valence-corrected chi connectivity index (χ0v) is 13.2. The van der Waals surface area contributed by atoms with Gasteiger partial charge in [-0.1, -0.05) is 5.92 Å². The van der Waals surface area contributed by atoms with Crippen LogP contribution in [0.2, 0.25) is 0 Å². The SMILES string of the molecule is C#CCSCCNCc1cc(Br)c(O)c(Br)c1. The predicted molar refractivity (Wildman–Crippen MR) is 81.4 cm³/mol. The molecule has 5 heteroatoms. The third-order valence-corrected chi connectivity index (χ3v) is 4.09. The number of halogens is 2. The monoisotopic (exact) mass is 377 g/mol. The van der Waals surface area contributed by atoms with E-state index in [1.165, 1.54) is 0 Å². The van der Waals surface area contributed by atoms with Crippen LogP contribution in [0.4, 0.5) is 0 Å². The maximum Gasteiger partial charge on any atom is 0.143 e. The Bertz CT molecular complexity index is 394. The van der Waals surface area contributed by atoms with Gasteiger partial charge in [-0.05, 0) is 49.6 Å². The number of terminal acetylenes is 1. The molecule has 0 aromatic heterocycles. The Morgan fingerprint density at radius 1 is 1.35 bits per heavy atom. The van der Waals surface area contributed by atoms with E-state index < -0.39 is 0 Å². The first-order valence-corrected chi connectivity index (χ1v) is 7.78. The van der Waals surface area contributed by atoms with Gasteiger partial charge >= 0.3 is 0 Å². The predicted octanol–water partition coefficient (Wildman–Crippen LogP) is 3.37. The van der Waals surface area contributed by atoms with Crippen molar-refractivity contribution in [2.24, 2.45) is 0 Å². The molecule has 0 bridgehead atoms. The van der Waals surface area contributed by atoms with Crippen molar-refractivity contribution in [2.45, 2.75) is 6.54 Å². The van der Waals surface area contributed by atoms with Crippen LogP contribution >= 0.6 is 43.6 Å². The summed E-state index contributed by atoms with van der Waals surface area (Å²) >= 11 is 8.35. The Kier molecular flexibility index (Phi) is 7.05. The lowest BCUT2D eigenvalue weighted by molar-refractivity contribution is 0.468. The summed E-state index contributed by atoms with van der Waals surface area (Å²) in [6.45, 7) is 1.69. The van der Waals surface area contributed by atoms with E-state index in [0.29, 0.717) is 8.95 Å². The summed E-state index contributed by atoms with van der Waals surface area (Å²) in [5.74, 6) is 4.59. The normalized spacial score (nSPS) is 10.2. The molecule has 0 saturated heterocycles. The number of phenolic OH excluding ortho intramolecular Hbond substituents is 1. The Balaban J connectivity index is 2.35. The van der Waals surface area contributed by atoms with Crippen molar-refractivity contribution in [1.29, 1.82) is 0 Å². The van der Waals surface area contributed by atoms with Crippen LogP contribution in [0.1, 0.15) is 5.56 Å². The van der Waals surface area contributed by atoms with Gasteiger partial charge in [0.15, 0.2) is 0 Å². The van der Waals surface area contributed by atoms with E-state index in [0.717, 1.165) is 30.2 Å². The van der Waals surface area contributed by atoms with Gasteiger partial charge in [-0.3, -0.25) is 0 Å². The number of benzene rings is 1. The fraction of sp³-hybridized carbons (Fsp3) is 0.333. The molecule has 92 valence electrons. The third-order valence-electron chi connectivity index (χ3n) is 2.01. The average molecular weight is 379 g/mol. The topological polar surface area (TPSA) is 32.3 Å². The molecule has 17 heavy (non-hydrogen) atoms. The minimum atomic E-state index is 0.235. The Morgan fingerprint density at radius 3 is 2.59 bits per heavy atom. The number of aromatic hydroxyl groups is 1. The smallest absolute Gasteiger partial charge is 0.143 e. The molecule has 0 fully saturated rings. The van der Waals surface area contributed by atoms with Crippen LogP contribution in [-0.2, 0) is 6.54 Å². The quantitative estimate of drug-likeness (QED) is 0.587. The molecule has 0 saturated carbocycles. The number of nitrogens with one attached hydrogen (secondary N) is 1. The van der Waals surface area contributed by atoms with Gasteiger partial charge in [0.2, 0.25) is 0 Å². The van der Waals surface area contributed by atoms with Gasteiger partial charge < -0.3 is 10.4 Å². The fourth-order valence-corrected chi connectivity index (χ4v) is 3.06. The summed E-state index contributed by atoms with van der Waals surface area (Å²) in [6.07, 6.45) is 5.16. The van der Waals surface area contributed by atoms with Crippen molar-refractivity contribution < 1.29 is 5.11 Å². The molecule has 0 aliphatic heterocycles. The van der Waals surface area contributed by atoms with Gasteiger partial charge in [-0.2, -0.15) is 0 Å². The average Bonchev–Trinajstić information content (AvgIpc) is 2.30. The summed E-state index contributed by atoms with van der Waals surface area (Å²) in [4.78, 5) is 0. The van der Waals surface area contributed by atoms with E-state index in [4.69, 9.17) is 6.42 Å². The molecule has 0 aliphatic rings. The Hall–Kier alpha value is -0.150. The highest BCUT2D eigenvalue weighted by Gasteiger charge is 2.05. The molecule has 0 unspecified atom stereocenters. The molecular formula is C12H13Br2NOS. The number of thioether (sulfide) groups is 1. The number of hydrogen-bond donors (Lipinski definition) is 2. The second-order valence-corrected chi connectivity index (χ2v) is 6.16. The summed E-state index contributed by atoms with van der Waals surface area (Å²) < 4.78 is 1.40. The van der Waals surface area contributed by atoms with Crippen LogP contribution in [0.3, 0.4) is 0 Å². The number of hydrogen-bond acceptors (Lipinski definition) is 3. The summed E-state index contributed by atoms with van der Waals surface area (Å²) in [6, 6.07) is 3.81. The van der Waals surface area contributed by atoms with Crippen molar-refractivity contribution in [2.75, 3.05) is 18.1 Å². The van der Waals surface area contributed by atoms with Crippen molar-refractivity contribution in [3.63, 3.8) is 0 Å². The minimum Gasteiger partial charge on any atom is -0.506 e. The van der Waals surface area contributed by atoms with Crippen molar-refractivity contribution in [3.8, 4) is 18.1 Å². The number of rotatable bonds is 6. The zero-order chi connectivity index (χ0) is 12.7. The second kappa shape index (κ2) is 8.04. The van der Waals surface area contributed by atoms with Crippen molar-refractivity contribution >= 4 is 43.6 Å². The minimum absolute atomic E-state index is 0.235. The van der Waals surface area contributed by atoms with E-state index in [-0.39, 0.29) is 5.75 Å². The molecule has 0 spiro atoms. The van der Waals surface area contributed by atoms with E-state index >= 15 is 0 Å². The van der Waals surface area contributed by atoms with E-state index in [1.807, 2.05) is 12.1 Å². The van der Waals surface area contributed by atoms with Crippen LogP contribution in [0.25, 0.3) is 0 Å². The molecule has 1 aromatic carbocycles. The van der Waals surface area contributed by atoms with Gasteiger partial charge in [0, 0.05) is 18.8 Å². The first kappa shape index (κ1) is 14.9. The van der Waals surface area contributed by atoms with Crippen molar-refractivity contribution in [3.05, 3.63) is 26.6 Å². The van der Waals surface area contributed by atoms with Crippen LogP contribution in [0.15, 0.2) is 21.1 Å². The maximum absolute atomic E-state index is 9.56. The lowest BCUT2D eigenvalue weighted by atomic mass is 10.2. The van der Waals surface area contributed by atoms with E-state index in [9.17, 15) is 5.11 Å². The first-order valence-electron chi connectivity index (χ1n) is 5.04. The molecule has 2 N–H and O–H groups in total. The molecule has 2 nitrogen and oxygen atoms in total. The van der Waals surface area contributed by atoms with Gasteiger partial charge in [-0.15, -0.1) is 18.2 Å². The van der Waals surface area contributed by atoms with E-state index in [1.54, 1.807) is 11.8 Å². The molecule has 0 amide bonds. The molecule has 0 radical (unpaired) electrons. The second-order valence-electron chi connectivity index (χ2n) is 3.34. The van der Waals surface area contributed by atoms with Crippen LogP contribution in [-0.4, -0.2) is 23.2 Å². The van der Waals surface area contributed by atoms with E-state index in [2.05, 4.69) is 43.1 Å². The molecule has 1 rings (SSSR count). The highest BCUT2D eigenvalue weighted by Crippen LogP contribution is 2.33. The van der Waals surface area contributed by atoms with Gasteiger partial charge in [0.1, 0.15) is 5.75 Å². The van der Waals surface area contributed by atoms with Crippen LogP contribution in [0, 0.1) is 12.3 Å². The Labute approximate surface area is 123 Å². The van der Waals surface area contributed by atoms with Gasteiger partial charge in [0.05, 0.1) is 14.7 Å². The third kappa shape index (κ3) is 5.35. The van der Waals surface area contributed by atoms with Gasteiger partial charge in [0.25, 0.3) is 0 Å². The molecule has 1 aromatic rings. The van der Waals surface area contributed by atoms with Crippen LogP contribution < -0.4 is 5.32 Å². The van der Waals surface area contributed by atoms with Gasteiger partial charge in [-0.25, -0.2) is 0 Å². The molecular weight excluding hydrogens is 366 g/mol. The standard InChI is InChI=1S/C12H13Br2NOS/c1-2-4-17-5-3-15-8-9-6-10(13)12(16)11(14)7-9/h1,6-7,15-16H,3-5,8H2. The highest BCUT2D eigenvalue weighted by atomic mass is 79.9. The maximum atomic E-state index is 9.56. The Morgan fingerprint density at radius 2 is 2.00 bits per heavy atom. The highest BCUT2D eigenvalue weighted by molar-refractivity contribution is 9.11. The van der Waals surface area contributed by atoms with Crippen molar-refractivity contribution in [1.82, 2.24) is 5.32 Å². The lowest BCUT2D eigenvalue weighted by Crippen LogP contribution is -2.16. The lowest BCUT2D eigenvalue weighted by Gasteiger charge is -2.07. The fourth-order valence-electron chi connectivity index (χ4n) is 1.23. The summed E-state index contributed by atoms with van der Waals surface area (Å²) in [5, 5.41) is 12.9. The zero-order valence-electron chi connectivity index (χ0n) is 9.17. The molecule has 0 heterocycles. The molecule has 0 aliphatic carbocycles. The summed E-state index contributed by atoms with van der Waals surface area (Å²) in [7, 11) is 0. The largest absolute Gasteiger partial charge is 0.506 e. The summed E-state index contributed by atoms with van der Waals surface area (Å²) in [5.41, 5.74) is 1.11. The molecule has 0 atom stereocenters. The van der Waals surface area contributed by atoms with Crippen LogP contribution in [0.5, 0.6) is 5.75 Å². The number of phenols is 1.